The van der Waals surface area contributed by atoms with Crippen LogP contribution in [0.15, 0.2) is 94.8 Å². The second-order valence-corrected chi connectivity index (χ2v) is 9.50. The van der Waals surface area contributed by atoms with E-state index in [1.807, 2.05) is 31.2 Å². The minimum Gasteiger partial charge on any atom is -0.493 e. The van der Waals surface area contributed by atoms with Gasteiger partial charge in [0.25, 0.3) is 5.56 Å². The molecule has 0 aliphatic carbocycles. The smallest absolute Gasteiger partial charge is 0.416 e. The van der Waals surface area contributed by atoms with Gasteiger partial charge < -0.3 is 9.47 Å². The Morgan fingerprint density at radius 1 is 1.02 bits per heavy atom. The lowest BCUT2D eigenvalue weighted by Crippen LogP contribution is -2.20. The van der Waals surface area contributed by atoms with Crippen LogP contribution in [0.5, 0.6) is 11.5 Å². The fourth-order valence-corrected chi connectivity index (χ4v) is 4.33. The molecule has 1 heterocycles. The standard InChI is InChI=1S/C31H23F3N4O5/c1-19-10-12-20(13-11-19)18-43-28-26(38(40)41)14-21(15-27(28)42-2)17-35-37-29(22-6-5-7-23(16-22)31(32,33)34)36-25-9-4-3-8-24(25)30(37)39/h3-17H,18H2,1-2H3. The molecule has 5 rings (SSSR count). The van der Waals surface area contributed by atoms with Crippen LogP contribution in [0.2, 0.25) is 0 Å². The number of benzene rings is 4. The molecule has 0 saturated carbocycles. The van der Waals surface area contributed by atoms with Crippen molar-refractivity contribution < 1.29 is 27.6 Å². The number of halogens is 3. The zero-order valence-electron chi connectivity index (χ0n) is 22.8. The molecule has 0 saturated heterocycles. The first-order valence-electron chi connectivity index (χ1n) is 12.8. The number of aryl methyl sites for hydroxylation is 1. The molecular weight excluding hydrogens is 565 g/mol. The normalized spacial score (nSPS) is 11.7. The van der Waals surface area contributed by atoms with Crippen LogP contribution in [0, 0.1) is 17.0 Å². The van der Waals surface area contributed by atoms with Gasteiger partial charge in [-0.05, 0) is 42.8 Å². The summed E-state index contributed by atoms with van der Waals surface area (Å²) < 4.78 is 52.4. The molecule has 9 nitrogen and oxygen atoms in total. The number of fused-ring (bicyclic) bond motifs is 1. The van der Waals surface area contributed by atoms with E-state index in [2.05, 4.69) is 10.1 Å². The fraction of sp³-hybridized carbons (Fsp3) is 0.129. The number of ether oxygens (including phenoxy) is 2. The van der Waals surface area contributed by atoms with Gasteiger partial charge in [0.05, 0.1) is 34.7 Å². The zero-order valence-corrected chi connectivity index (χ0v) is 22.8. The van der Waals surface area contributed by atoms with Gasteiger partial charge in [0.15, 0.2) is 11.6 Å². The molecule has 0 bridgehead atoms. The van der Waals surface area contributed by atoms with Gasteiger partial charge in [-0.25, -0.2) is 4.98 Å². The number of rotatable bonds is 8. The molecule has 0 aliphatic rings. The highest BCUT2D eigenvalue weighted by Gasteiger charge is 2.31. The highest BCUT2D eigenvalue weighted by Crippen LogP contribution is 2.38. The third-order valence-corrected chi connectivity index (χ3v) is 6.50. The van der Waals surface area contributed by atoms with Gasteiger partial charge in [0.2, 0.25) is 5.75 Å². The van der Waals surface area contributed by atoms with Crippen molar-refractivity contribution in [2.45, 2.75) is 19.7 Å². The molecule has 0 atom stereocenters. The second-order valence-electron chi connectivity index (χ2n) is 9.50. The first-order chi connectivity index (χ1) is 20.5. The van der Waals surface area contributed by atoms with Crippen LogP contribution >= 0.6 is 0 Å². The van der Waals surface area contributed by atoms with Gasteiger partial charge in [-0.3, -0.25) is 14.9 Å². The quantitative estimate of drug-likeness (QED) is 0.112. The molecule has 218 valence electrons. The Bertz CT molecular complexity index is 1920. The Labute approximate surface area is 242 Å². The third kappa shape index (κ3) is 6.22. The van der Waals surface area contributed by atoms with Gasteiger partial charge in [-0.15, -0.1) is 0 Å². The first kappa shape index (κ1) is 29.0. The van der Waals surface area contributed by atoms with Crippen molar-refractivity contribution in [1.29, 1.82) is 0 Å². The van der Waals surface area contributed by atoms with Crippen molar-refractivity contribution in [3.63, 3.8) is 0 Å². The van der Waals surface area contributed by atoms with Gasteiger partial charge in [0.1, 0.15) is 6.61 Å². The Balaban J connectivity index is 1.59. The number of nitro benzene ring substituents is 1. The van der Waals surface area contributed by atoms with Crippen molar-refractivity contribution in [2.24, 2.45) is 5.10 Å². The Kier molecular flexibility index (Phi) is 7.93. The van der Waals surface area contributed by atoms with E-state index in [-0.39, 0.29) is 46.0 Å². The number of nitrogens with zero attached hydrogens (tertiary/aromatic N) is 4. The summed E-state index contributed by atoms with van der Waals surface area (Å²) in [5.41, 5.74) is 0.289. The lowest BCUT2D eigenvalue weighted by Gasteiger charge is -2.13. The average Bonchev–Trinajstić information content (AvgIpc) is 2.99. The molecule has 0 N–H and O–H groups in total. The van der Waals surface area contributed by atoms with E-state index in [0.29, 0.717) is 0 Å². The number of hydrogen-bond donors (Lipinski definition) is 0. The lowest BCUT2D eigenvalue weighted by molar-refractivity contribution is -0.386. The molecule has 12 heteroatoms. The van der Waals surface area contributed by atoms with E-state index in [0.717, 1.165) is 34.2 Å². The topological polar surface area (TPSA) is 109 Å². The number of hydrogen-bond acceptors (Lipinski definition) is 7. The lowest BCUT2D eigenvalue weighted by atomic mass is 10.1. The van der Waals surface area contributed by atoms with E-state index in [4.69, 9.17) is 9.47 Å². The van der Waals surface area contributed by atoms with Crippen LogP contribution in [0.25, 0.3) is 22.3 Å². The molecule has 0 spiro atoms. The number of aromatic nitrogens is 2. The Morgan fingerprint density at radius 2 is 1.77 bits per heavy atom. The van der Waals surface area contributed by atoms with Crippen LogP contribution in [-0.4, -0.2) is 27.9 Å². The van der Waals surface area contributed by atoms with Crippen molar-refractivity contribution in [2.75, 3.05) is 7.11 Å². The summed E-state index contributed by atoms with van der Waals surface area (Å²) in [5, 5.41) is 16.4. The fourth-order valence-electron chi connectivity index (χ4n) is 4.33. The Morgan fingerprint density at radius 3 is 2.47 bits per heavy atom. The molecule has 0 unspecified atom stereocenters. The predicted molar refractivity (Wildman–Crippen MR) is 155 cm³/mol. The average molecular weight is 589 g/mol. The minimum absolute atomic E-state index is 0.00163. The van der Waals surface area contributed by atoms with E-state index in [1.54, 1.807) is 18.2 Å². The summed E-state index contributed by atoms with van der Waals surface area (Å²) in [7, 11) is 1.32. The van der Waals surface area contributed by atoms with E-state index in [9.17, 15) is 28.1 Å². The third-order valence-electron chi connectivity index (χ3n) is 6.50. The van der Waals surface area contributed by atoms with E-state index < -0.39 is 27.9 Å². The van der Waals surface area contributed by atoms with Crippen LogP contribution in [0.4, 0.5) is 18.9 Å². The number of methoxy groups -OCH3 is 1. The molecule has 4 aromatic carbocycles. The number of nitro groups is 1. The van der Waals surface area contributed by atoms with Crippen molar-refractivity contribution in [1.82, 2.24) is 9.66 Å². The van der Waals surface area contributed by atoms with Crippen LogP contribution < -0.4 is 15.0 Å². The Hall–Kier alpha value is -5.52. The van der Waals surface area contributed by atoms with Gasteiger partial charge in [-0.1, -0.05) is 54.1 Å². The molecule has 1 aromatic heterocycles. The maximum atomic E-state index is 13.5. The summed E-state index contributed by atoms with van der Waals surface area (Å²) in [6.45, 7) is 1.98. The van der Waals surface area contributed by atoms with Crippen LogP contribution in [-0.2, 0) is 12.8 Å². The van der Waals surface area contributed by atoms with Crippen molar-refractivity contribution >= 4 is 22.8 Å². The summed E-state index contributed by atoms with van der Waals surface area (Å²) >= 11 is 0. The molecule has 0 amide bonds. The second kappa shape index (κ2) is 11.8. The minimum atomic E-state index is -4.62. The van der Waals surface area contributed by atoms with Crippen LogP contribution in [0.1, 0.15) is 22.3 Å². The van der Waals surface area contributed by atoms with E-state index in [1.165, 1.54) is 37.4 Å². The predicted octanol–water partition coefficient (Wildman–Crippen LogP) is 6.77. The molecule has 5 aromatic rings. The largest absolute Gasteiger partial charge is 0.493 e. The number of alkyl halides is 3. The van der Waals surface area contributed by atoms with E-state index >= 15 is 0 Å². The zero-order chi connectivity index (χ0) is 30.7. The highest BCUT2D eigenvalue weighted by molar-refractivity contribution is 5.84. The molecule has 43 heavy (non-hydrogen) atoms. The maximum Gasteiger partial charge on any atom is 0.416 e. The molecule has 0 aliphatic heterocycles. The van der Waals surface area contributed by atoms with Crippen LogP contribution in [0.3, 0.4) is 0 Å². The van der Waals surface area contributed by atoms with Crippen molar-refractivity contribution in [3.05, 3.63) is 128 Å². The maximum absolute atomic E-state index is 13.5. The molecular formula is C31H23F3N4O5. The SMILES string of the molecule is COc1cc(C=Nn2c(-c3cccc(C(F)(F)F)c3)nc3ccccc3c2=O)cc([N+](=O)[O-])c1OCc1ccc(C)cc1. The monoisotopic (exact) mass is 588 g/mol. The summed E-state index contributed by atoms with van der Waals surface area (Å²) in [6.07, 6.45) is -3.46. The van der Waals surface area contributed by atoms with Gasteiger partial charge >= 0.3 is 11.9 Å². The van der Waals surface area contributed by atoms with Gasteiger partial charge in [0, 0.05) is 17.2 Å². The summed E-state index contributed by atoms with van der Waals surface area (Å²) in [4.78, 5) is 29.2. The summed E-state index contributed by atoms with van der Waals surface area (Å²) in [5.74, 6) is -0.199. The molecule has 0 fully saturated rings. The molecule has 0 radical (unpaired) electrons. The number of para-hydroxylation sites is 1. The highest BCUT2D eigenvalue weighted by atomic mass is 19.4. The van der Waals surface area contributed by atoms with Gasteiger partial charge in [-0.2, -0.15) is 22.9 Å². The summed E-state index contributed by atoms with van der Waals surface area (Å²) in [6, 6.07) is 20.8. The first-order valence-corrected chi connectivity index (χ1v) is 12.8. The van der Waals surface area contributed by atoms with Crippen molar-refractivity contribution in [3.8, 4) is 22.9 Å².